The summed E-state index contributed by atoms with van der Waals surface area (Å²) >= 11 is 0. The number of para-hydroxylation sites is 1. The molecule has 156 valence electrons. The molecule has 4 rings (SSSR count). The van der Waals surface area contributed by atoms with Crippen molar-refractivity contribution in [3.05, 3.63) is 54.2 Å². The number of anilines is 3. The molecule has 2 N–H and O–H groups in total. The molecule has 0 atom stereocenters. The molecule has 0 bridgehead atoms. The first-order valence-electron chi connectivity index (χ1n) is 10.6. The van der Waals surface area contributed by atoms with Gasteiger partial charge in [-0.1, -0.05) is 72.4 Å². The lowest BCUT2D eigenvalue weighted by Crippen LogP contribution is -2.21. The minimum Gasteiger partial charge on any atom is -0.382 e. The van der Waals surface area contributed by atoms with E-state index in [2.05, 4.69) is 67.3 Å². The first kappa shape index (κ1) is 22.5. The minimum absolute atomic E-state index is 0.0511. The van der Waals surface area contributed by atoms with E-state index in [0.29, 0.717) is 13.0 Å². The van der Waals surface area contributed by atoms with E-state index in [-0.39, 0.29) is 11.3 Å². The predicted molar refractivity (Wildman–Crippen MR) is 127 cm³/mol. The van der Waals surface area contributed by atoms with E-state index in [0.717, 1.165) is 28.2 Å². The molecule has 0 saturated heterocycles. The quantitative estimate of drug-likeness (QED) is 0.589. The van der Waals surface area contributed by atoms with Crippen molar-refractivity contribution in [2.75, 3.05) is 29.1 Å². The van der Waals surface area contributed by atoms with Crippen LogP contribution in [0.5, 0.6) is 0 Å². The number of benzene rings is 2. The Bertz CT molecular complexity index is 899. The summed E-state index contributed by atoms with van der Waals surface area (Å²) in [5.41, 5.74) is 7.63. The third-order valence-electron chi connectivity index (χ3n) is 5.46. The zero-order chi connectivity index (χ0) is 21.8. The third-order valence-corrected chi connectivity index (χ3v) is 5.46. The number of allylic oxidation sites excluding steroid dienone is 1. The summed E-state index contributed by atoms with van der Waals surface area (Å²) in [6.07, 6.45) is 0.481. The van der Waals surface area contributed by atoms with E-state index >= 15 is 0 Å². The maximum atomic E-state index is 11.8. The van der Waals surface area contributed by atoms with Crippen LogP contribution in [0.3, 0.4) is 0 Å². The van der Waals surface area contributed by atoms with Gasteiger partial charge in [0, 0.05) is 42.4 Å². The van der Waals surface area contributed by atoms with Gasteiger partial charge in [0.1, 0.15) is 0 Å². The molecule has 0 saturated carbocycles. The standard InChI is InChI=1S/C21H23N3O.2C2H6/c1-13-21(2,3)16-9-8-14(12-18(16)24(13)4)15-6-5-7-17-20(15)22-11-10-19(25)23-17;2*1-2/h5-9,12,22H,1,10-11H2,2-4H3,(H,23,25);2*1-2H3. The average molecular weight is 394 g/mol. The van der Waals surface area contributed by atoms with E-state index in [1.165, 1.54) is 11.3 Å². The summed E-state index contributed by atoms with van der Waals surface area (Å²) in [5.74, 6) is 0.0511. The number of likely N-dealkylation sites (N-methyl/N-ethyl adjacent to an activating group) is 1. The first-order chi connectivity index (χ1) is 13.9. The van der Waals surface area contributed by atoms with Gasteiger partial charge in [-0.05, 0) is 23.3 Å². The summed E-state index contributed by atoms with van der Waals surface area (Å²) in [6, 6.07) is 12.6. The van der Waals surface area contributed by atoms with Crippen LogP contribution in [-0.2, 0) is 10.2 Å². The Balaban J connectivity index is 0.000000707. The Labute approximate surface area is 176 Å². The van der Waals surface area contributed by atoms with Gasteiger partial charge in [0.15, 0.2) is 0 Å². The van der Waals surface area contributed by atoms with Crippen molar-refractivity contribution in [2.24, 2.45) is 0 Å². The molecule has 4 heteroatoms. The van der Waals surface area contributed by atoms with Crippen molar-refractivity contribution in [2.45, 2.75) is 53.4 Å². The van der Waals surface area contributed by atoms with Gasteiger partial charge in [0.05, 0.1) is 11.4 Å². The molecule has 2 aliphatic heterocycles. The van der Waals surface area contributed by atoms with Crippen LogP contribution in [0, 0.1) is 0 Å². The Hall–Kier alpha value is -2.75. The molecule has 0 fully saturated rings. The Kier molecular flexibility index (Phi) is 7.12. The fourth-order valence-corrected chi connectivity index (χ4v) is 3.83. The summed E-state index contributed by atoms with van der Waals surface area (Å²) in [7, 11) is 2.07. The number of fused-ring (bicyclic) bond motifs is 2. The highest BCUT2D eigenvalue weighted by Gasteiger charge is 2.37. The molecule has 2 aliphatic rings. The number of hydrogen-bond donors (Lipinski definition) is 2. The maximum Gasteiger partial charge on any atom is 0.226 e. The van der Waals surface area contributed by atoms with Gasteiger partial charge in [-0.2, -0.15) is 0 Å². The lowest BCUT2D eigenvalue weighted by molar-refractivity contribution is -0.115. The van der Waals surface area contributed by atoms with Crippen LogP contribution < -0.4 is 15.5 Å². The van der Waals surface area contributed by atoms with Crippen molar-refractivity contribution in [1.82, 2.24) is 0 Å². The van der Waals surface area contributed by atoms with Gasteiger partial charge in [-0.15, -0.1) is 0 Å². The number of nitrogens with one attached hydrogen (secondary N) is 2. The van der Waals surface area contributed by atoms with Crippen molar-refractivity contribution in [1.29, 1.82) is 0 Å². The molecule has 0 aliphatic carbocycles. The molecular weight excluding hydrogens is 358 g/mol. The zero-order valence-corrected chi connectivity index (χ0v) is 18.9. The molecule has 1 amide bonds. The summed E-state index contributed by atoms with van der Waals surface area (Å²) < 4.78 is 0. The second-order valence-corrected chi connectivity index (χ2v) is 7.32. The number of carbonyl (C=O) groups is 1. The van der Waals surface area contributed by atoms with Crippen LogP contribution >= 0.6 is 0 Å². The molecule has 29 heavy (non-hydrogen) atoms. The lowest BCUT2D eigenvalue weighted by Gasteiger charge is -2.22. The minimum atomic E-state index is -0.0531. The number of carbonyl (C=O) groups excluding carboxylic acids is 1. The maximum absolute atomic E-state index is 11.8. The highest BCUT2D eigenvalue weighted by molar-refractivity contribution is 6.00. The molecule has 2 aromatic carbocycles. The highest BCUT2D eigenvalue weighted by Crippen LogP contribution is 2.48. The topological polar surface area (TPSA) is 44.4 Å². The van der Waals surface area contributed by atoms with E-state index in [4.69, 9.17) is 0 Å². The van der Waals surface area contributed by atoms with Crippen LogP contribution in [0.15, 0.2) is 48.7 Å². The van der Waals surface area contributed by atoms with Crippen molar-refractivity contribution < 1.29 is 4.79 Å². The smallest absolute Gasteiger partial charge is 0.226 e. The molecular formula is C25H35N3O. The monoisotopic (exact) mass is 393 g/mol. The first-order valence-corrected chi connectivity index (χ1v) is 10.6. The summed E-state index contributed by atoms with van der Waals surface area (Å²) in [4.78, 5) is 14.0. The second kappa shape index (κ2) is 9.17. The summed E-state index contributed by atoms with van der Waals surface area (Å²) in [5, 5.41) is 6.40. The third kappa shape index (κ3) is 4.02. The molecule has 4 nitrogen and oxygen atoms in total. The van der Waals surface area contributed by atoms with Gasteiger partial charge < -0.3 is 15.5 Å². The summed E-state index contributed by atoms with van der Waals surface area (Å²) in [6.45, 7) is 17.3. The largest absolute Gasteiger partial charge is 0.382 e. The van der Waals surface area contributed by atoms with Gasteiger partial charge in [-0.3, -0.25) is 4.79 Å². The van der Waals surface area contributed by atoms with E-state index in [9.17, 15) is 4.79 Å². The molecule has 0 unspecified atom stereocenters. The van der Waals surface area contributed by atoms with E-state index in [1.807, 2.05) is 39.8 Å². The van der Waals surface area contributed by atoms with Crippen LogP contribution in [0.1, 0.15) is 53.5 Å². The van der Waals surface area contributed by atoms with Crippen LogP contribution in [0.4, 0.5) is 17.1 Å². The SMILES string of the molecule is C=C1N(C)c2cc(-c3cccc4c3NCCC(=O)N4)ccc2C1(C)C.CC.CC. The fourth-order valence-electron chi connectivity index (χ4n) is 3.83. The molecule has 0 radical (unpaired) electrons. The van der Waals surface area contributed by atoms with Gasteiger partial charge >= 0.3 is 0 Å². The van der Waals surface area contributed by atoms with Crippen molar-refractivity contribution in [3.63, 3.8) is 0 Å². The van der Waals surface area contributed by atoms with Crippen molar-refractivity contribution in [3.8, 4) is 11.1 Å². The van der Waals surface area contributed by atoms with Gasteiger partial charge in [0.25, 0.3) is 0 Å². The fraction of sp³-hybridized carbons (Fsp3) is 0.400. The number of nitrogens with zero attached hydrogens (tertiary/aromatic N) is 1. The van der Waals surface area contributed by atoms with E-state index < -0.39 is 0 Å². The average Bonchev–Trinajstić information content (AvgIpc) is 2.88. The zero-order valence-electron chi connectivity index (χ0n) is 18.9. The molecule has 0 spiro atoms. The van der Waals surface area contributed by atoms with Crippen LogP contribution in [0.2, 0.25) is 0 Å². The Morgan fingerprint density at radius 3 is 2.45 bits per heavy atom. The Morgan fingerprint density at radius 2 is 1.76 bits per heavy atom. The van der Waals surface area contributed by atoms with Crippen LogP contribution in [-0.4, -0.2) is 19.5 Å². The molecule has 0 aromatic heterocycles. The second-order valence-electron chi connectivity index (χ2n) is 7.32. The Morgan fingerprint density at radius 1 is 1.07 bits per heavy atom. The molecule has 2 aromatic rings. The van der Waals surface area contributed by atoms with Crippen molar-refractivity contribution >= 4 is 23.0 Å². The van der Waals surface area contributed by atoms with E-state index in [1.54, 1.807) is 0 Å². The lowest BCUT2D eigenvalue weighted by atomic mass is 9.84. The number of hydrogen-bond acceptors (Lipinski definition) is 3. The number of amides is 1. The van der Waals surface area contributed by atoms with Gasteiger partial charge in [0.2, 0.25) is 5.91 Å². The molecule has 2 heterocycles. The predicted octanol–water partition coefficient (Wildman–Crippen LogP) is 6.40. The normalized spacial score (nSPS) is 16.0. The number of rotatable bonds is 1. The van der Waals surface area contributed by atoms with Crippen LogP contribution in [0.25, 0.3) is 11.1 Å². The highest BCUT2D eigenvalue weighted by atomic mass is 16.1. The van der Waals surface area contributed by atoms with Gasteiger partial charge in [-0.25, -0.2) is 0 Å².